The van der Waals surface area contributed by atoms with Crippen LogP contribution in [0.25, 0.3) is 11.3 Å². The lowest BCUT2D eigenvalue weighted by atomic mass is 9.80. The van der Waals surface area contributed by atoms with Gasteiger partial charge in [0.2, 0.25) is 5.91 Å². The summed E-state index contributed by atoms with van der Waals surface area (Å²) in [5, 5.41) is 12.9. The summed E-state index contributed by atoms with van der Waals surface area (Å²) in [4.78, 5) is 22.0. The summed E-state index contributed by atoms with van der Waals surface area (Å²) >= 11 is 0. The van der Waals surface area contributed by atoms with E-state index in [2.05, 4.69) is 10.2 Å². The number of carbonyl (C=O) groups is 1. The number of anilines is 1. The van der Waals surface area contributed by atoms with Crippen molar-refractivity contribution in [3.8, 4) is 23.1 Å². The Morgan fingerprint density at radius 1 is 1.15 bits per heavy atom. The zero-order valence-electron chi connectivity index (χ0n) is 23.0. The number of aromatic nitrogens is 1. The van der Waals surface area contributed by atoms with E-state index >= 15 is 0 Å². The van der Waals surface area contributed by atoms with Gasteiger partial charge in [-0.15, -0.1) is 0 Å². The van der Waals surface area contributed by atoms with Gasteiger partial charge in [0.05, 0.1) is 40.6 Å². The number of carbonyl (C=O) groups excluding carboxylic acids is 1. The third kappa shape index (κ3) is 5.86. The normalized spacial score (nSPS) is 17.4. The van der Waals surface area contributed by atoms with Crippen LogP contribution >= 0.6 is 0 Å². The summed E-state index contributed by atoms with van der Waals surface area (Å²) in [5.41, 5.74) is 1.38. The Morgan fingerprint density at radius 2 is 1.88 bits per heavy atom. The molecule has 2 aliphatic rings. The quantitative estimate of drug-likeness (QED) is 0.425. The summed E-state index contributed by atoms with van der Waals surface area (Å²) in [6, 6.07) is 16.8. The monoisotopic (exact) mass is 563 g/mol. The second-order valence-electron chi connectivity index (χ2n) is 10.7. The van der Waals surface area contributed by atoms with E-state index in [0.29, 0.717) is 51.3 Å². The van der Waals surface area contributed by atoms with Crippen molar-refractivity contribution in [2.24, 2.45) is 5.92 Å². The van der Waals surface area contributed by atoms with Crippen molar-refractivity contribution in [3.63, 3.8) is 0 Å². The molecule has 0 unspecified atom stereocenters. The molecular weight excluding hydrogens is 531 g/mol. The van der Waals surface area contributed by atoms with Crippen molar-refractivity contribution in [1.82, 2.24) is 15.2 Å². The Kier molecular flexibility index (Phi) is 7.91. The minimum atomic E-state index is -4.52. The van der Waals surface area contributed by atoms with Crippen molar-refractivity contribution < 1.29 is 22.7 Å². The Hall–Kier alpha value is -4.10. The number of piperidine rings is 1. The number of likely N-dealkylation sites (tertiary alicyclic amines) is 1. The van der Waals surface area contributed by atoms with Crippen LogP contribution in [0, 0.1) is 17.2 Å². The van der Waals surface area contributed by atoms with E-state index in [9.17, 15) is 23.2 Å². The Labute approximate surface area is 237 Å². The molecular formula is C31H32F3N5O2. The maximum Gasteiger partial charge on any atom is 0.416 e. The molecule has 0 saturated carbocycles. The number of nitrogens with zero attached hydrogens (tertiary/aromatic N) is 4. The highest BCUT2D eigenvalue weighted by Gasteiger charge is 2.41. The summed E-state index contributed by atoms with van der Waals surface area (Å²) in [6.07, 6.45) is -1.73. The van der Waals surface area contributed by atoms with Gasteiger partial charge in [-0.25, -0.2) is 0 Å². The van der Waals surface area contributed by atoms with E-state index < -0.39 is 17.3 Å². The van der Waals surface area contributed by atoms with E-state index in [4.69, 9.17) is 9.72 Å². The first-order chi connectivity index (χ1) is 19.6. The number of hydrogen-bond acceptors (Lipinski definition) is 6. The molecule has 3 aromatic rings. The smallest absolute Gasteiger partial charge is 0.416 e. The fourth-order valence-corrected chi connectivity index (χ4v) is 5.69. The van der Waals surface area contributed by atoms with E-state index in [1.54, 1.807) is 6.20 Å². The number of rotatable bonds is 7. The van der Waals surface area contributed by atoms with Crippen molar-refractivity contribution in [2.75, 3.05) is 44.7 Å². The highest BCUT2D eigenvalue weighted by Crippen LogP contribution is 2.39. The summed E-state index contributed by atoms with van der Waals surface area (Å²) in [5.74, 6) is 0.625. The number of pyridine rings is 1. The van der Waals surface area contributed by atoms with Gasteiger partial charge in [0, 0.05) is 37.9 Å². The van der Waals surface area contributed by atoms with Crippen LogP contribution in [0.4, 0.5) is 18.9 Å². The first-order valence-corrected chi connectivity index (χ1v) is 13.7. The van der Waals surface area contributed by atoms with Crippen molar-refractivity contribution in [2.45, 2.75) is 31.5 Å². The third-order valence-corrected chi connectivity index (χ3v) is 7.98. The lowest BCUT2D eigenvalue weighted by Gasteiger charge is -2.45. The van der Waals surface area contributed by atoms with Crippen LogP contribution in [0.1, 0.15) is 36.5 Å². The highest BCUT2D eigenvalue weighted by atomic mass is 19.4. The zero-order valence-corrected chi connectivity index (χ0v) is 23.0. The lowest BCUT2D eigenvalue weighted by Crippen LogP contribution is -2.59. The maximum absolute atomic E-state index is 13.3. The van der Waals surface area contributed by atoms with Crippen molar-refractivity contribution >= 4 is 11.6 Å². The molecule has 214 valence electrons. The maximum atomic E-state index is 13.3. The predicted octanol–water partition coefficient (Wildman–Crippen LogP) is 5.21. The first kappa shape index (κ1) is 28.4. The number of benzene rings is 2. The van der Waals surface area contributed by atoms with E-state index in [-0.39, 0.29) is 17.4 Å². The molecule has 2 aromatic carbocycles. The largest absolute Gasteiger partial charge is 0.493 e. The van der Waals surface area contributed by atoms with E-state index in [1.165, 1.54) is 6.07 Å². The van der Waals surface area contributed by atoms with Crippen molar-refractivity contribution in [3.05, 3.63) is 77.5 Å². The van der Waals surface area contributed by atoms with Crippen LogP contribution in [0.2, 0.25) is 0 Å². The van der Waals surface area contributed by atoms with Gasteiger partial charge in [0.1, 0.15) is 11.8 Å². The number of nitrogens with one attached hydrogen (secondary N) is 1. The summed E-state index contributed by atoms with van der Waals surface area (Å²) < 4.78 is 45.5. The van der Waals surface area contributed by atoms with Crippen LogP contribution in [0.3, 0.4) is 0 Å². The fourth-order valence-electron chi connectivity index (χ4n) is 5.69. The van der Waals surface area contributed by atoms with Gasteiger partial charge in [0.25, 0.3) is 0 Å². The molecule has 7 nitrogen and oxygen atoms in total. The standard InChI is InChI=1S/C31H32F3N5O2/c1-3-41-28-7-5-4-6-25(28)26-10-8-24(18-36-26)30(37-29(40)22-19-38(2)20-22)12-14-39(15-13-30)27-11-9-23(31(32,33)34)16-21(27)17-35/h4-11,16,18,22H,3,12-15,19-20H2,1-2H3,(H,37,40). The molecule has 0 bridgehead atoms. The highest BCUT2D eigenvalue weighted by molar-refractivity contribution is 5.81. The van der Waals surface area contributed by atoms with Crippen LogP contribution < -0.4 is 15.0 Å². The molecule has 3 heterocycles. The lowest BCUT2D eigenvalue weighted by molar-refractivity contribution is -0.137. The molecule has 41 heavy (non-hydrogen) atoms. The molecule has 1 N–H and O–H groups in total. The molecule has 0 aliphatic carbocycles. The van der Waals surface area contributed by atoms with Gasteiger partial charge in [-0.05, 0) is 68.8 Å². The van der Waals surface area contributed by atoms with Gasteiger partial charge in [-0.3, -0.25) is 9.78 Å². The predicted molar refractivity (Wildman–Crippen MR) is 149 cm³/mol. The number of halogens is 3. The Bertz CT molecular complexity index is 1440. The van der Waals surface area contributed by atoms with Gasteiger partial charge in [0.15, 0.2) is 0 Å². The topological polar surface area (TPSA) is 81.5 Å². The number of ether oxygens (including phenoxy) is 1. The van der Waals surface area contributed by atoms with Crippen LogP contribution in [-0.4, -0.2) is 55.6 Å². The molecule has 1 amide bonds. The van der Waals surface area contributed by atoms with Gasteiger partial charge < -0.3 is 19.9 Å². The number of para-hydroxylation sites is 1. The molecule has 1 aromatic heterocycles. The SMILES string of the molecule is CCOc1ccccc1-c1ccc(C2(NC(=O)C3CN(C)C3)CCN(c3ccc(C(F)(F)F)cc3C#N)CC2)cn1. The molecule has 0 radical (unpaired) electrons. The van der Waals surface area contributed by atoms with Crippen LogP contribution in [0.15, 0.2) is 60.8 Å². The van der Waals surface area contributed by atoms with E-state index in [1.807, 2.05) is 61.3 Å². The Balaban J connectivity index is 1.42. The number of hydrogen-bond donors (Lipinski definition) is 1. The molecule has 0 spiro atoms. The molecule has 2 saturated heterocycles. The van der Waals surface area contributed by atoms with Gasteiger partial charge in [-0.2, -0.15) is 18.4 Å². The minimum Gasteiger partial charge on any atom is -0.493 e. The second-order valence-corrected chi connectivity index (χ2v) is 10.7. The number of nitriles is 1. The van der Waals surface area contributed by atoms with Gasteiger partial charge in [-0.1, -0.05) is 18.2 Å². The first-order valence-electron chi connectivity index (χ1n) is 13.7. The summed E-state index contributed by atoms with van der Waals surface area (Å²) in [6.45, 7) is 4.73. The average molecular weight is 564 g/mol. The number of alkyl halides is 3. The van der Waals surface area contributed by atoms with Crippen LogP contribution in [0.5, 0.6) is 5.75 Å². The molecule has 0 atom stereocenters. The van der Waals surface area contributed by atoms with Crippen molar-refractivity contribution in [1.29, 1.82) is 5.26 Å². The number of amides is 1. The van der Waals surface area contributed by atoms with Crippen LogP contribution in [-0.2, 0) is 16.5 Å². The minimum absolute atomic E-state index is 0.0189. The fraction of sp³-hybridized carbons (Fsp3) is 0.387. The molecule has 2 aliphatic heterocycles. The summed E-state index contributed by atoms with van der Waals surface area (Å²) in [7, 11) is 1.97. The second kappa shape index (κ2) is 11.4. The zero-order chi connectivity index (χ0) is 29.2. The Morgan fingerprint density at radius 3 is 2.49 bits per heavy atom. The third-order valence-electron chi connectivity index (χ3n) is 7.98. The molecule has 10 heteroatoms. The molecule has 5 rings (SSSR count). The molecule has 2 fully saturated rings. The van der Waals surface area contributed by atoms with E-state index in [0.717, 1.165) is 34.7 Å². The average Bonchev–Trinajstić information content (AvgIpc) is 2.95. The van der Waals surface area contributed by atoms with Gasteiger partial charge >= 0.3 is 6.18 Å².